The minimum Gasteiger partial charge on any atom is -0.455 e. The number of sulfone groups is 1. The van der Waals surface area contributed by atoms with Gasteiger partial charge in [-0.1, -0.05) is 0 Å². The van der Waals surface area contributed by atoms with Crippen LogP contribution in [0.1, 0.15) is 21.9 Å². The van der Waals surface area contributed by atoms with E-state index in [1.165, 1.54) is 31.4 Å². The van der Waals surface area contributed by atoms with Crippen molar-refractivity contribution in [1.29, 1.82) is 0 Å². The van der Waals surface area contributed by atoms with Crippen molar-refractivity contribution in [3.8, 4) is 0 Å². The van der Waals surface area contributed by atoms with E-state index in [2.05, 4.69) is 0 Å². The molecule has 0 unspecified atom stereocenters. The minimum absolute atomic E-state index is 0.175. The zero-order valence-electron chi connectivity index (χ0n) is 11.1. The first-order chi connectivity index (χ1) is 9.41. The molecule has 0 saturated heterocycles. The van der Waals surface area contributed by atoms with Crippen molar-refractivity contribution in [2.45, 2.75) is 11.5 Å². The van der Waals surface area contributed by atoms with E-state index in [-0.39, 0.29) is 16.4 Å². The predicted molar refractivity (Wildman–Crippen MR) is 72.4 cm³/mol. The molecule has 1 heterocycles. The van der Waals surface area contributed by atoms with E-state index in [1.807, 2.05) is 0 Å². The van der Waals surface area contributed by atoms with Crippen molar-refractivity contribution >= 4 is 15.6 Å². The van der Waals surface area contributed by atoms with Gasteiger partial charge in [0.05, 0.1) is 4.90 Å². The molecule has 6 heteroatoms. The molecule has 0 fully saturated rings. The normalized spacial score (nSPS) is 11.5. The summed E-state index contributed by atoms with van der Waals surface area (Å²) in [5, 5.41) is 0. The van der Waals surface area contributed by atoms with Crippen LogP contribution in [0, 0.1) is 0 Å². The molecule has 0 amide bonds. The monoisotopic (exact) mass is 294 g/mol. The molecule has 0 aliphatic rings. The van der Waals surface area contributed by atoms with Gasteiger partial charge >= 0.3 is 0 Å². The molecule has 2 rings (SSSR count). The Bertz CT molecular complexity index is 710. The number of furan rings is 1. The van der Waals surface area contributed by atoms with Crippen molar-refractivity contribution in [2.75, 3.05) is 13.4 Å². The average Bonchev–Trinajstić information content (AvgIpc) is 2.86. The minimum atomic E-state index is -3.26. The molecule has 0 N–H and O–H groups in total. The highest BCUT2D eigenvalue weighted by atomic mass is 32.2. The van der Waals surface area contributed by atoms with Crippen molar-refractivity contribution < 1.29 is 22.4 Å². The molecule has 0 atom stereocenters. The van der Waals surface area contributed by atoms with E-state index in [0.29, 0.717) is 17.9 Å². The topological polar surface area (TPSA) is 73.6 Å². The molecule has 1 aromatic heterocycles. The third-order valence-corrected chi connectivity index (χ3v) is 3.85. The molecule has 106 valence electrons. The maximum Gasteiger partial charge on any atom is 0.228 e. The third-order valence-electron chi connectivity index (χ3n) is 2.72. The van der Waals surface area contributed by atoms with Gasteiger partial charge in [-0.3, -0.25) is 4.79 Å². The van der Waals surface area contributed by atoms with E-state index < -0.39 is 9.84 Å². The zero-order chi connectivity index (χ0) is 14.8. The fourth-order valence-electron chi connectivity index (χ4n) is 1.72. The molecule has 2 aromatic rings. The second kappa shape index (κ2) is 5.60. The van der Waals surface area contributed by atoms with Gasteiger partial charge in [0.25, 0.3) is 0 Å². The lowest BCUT2D eigenvalue weighted by Crippen LogP contribution is -2.02. The first kappa shape index (κ1) is 14.5. The first-order valence-corrected chi connectivity index (χ1v) is 7.73. The first-order valence-electron chi connectivity index (χ1n) is 5.84. The van der Waals surface area contributed by atoms with Crippen LogP contribution in [0.4, 0.5) is 0 Å². The summed E-state index contributed by atoms with van der Waals surface area (Å²) in [5.74, 6) is 0.458. The molecule has 20 heavy (non-hydrogen) atoms. The summed E-state index contributed by atoms with van der Waals surface area (Å²) >= 11 is 0. The Morgan fingerprint density at radius 3 is 2.35 bits per heavy atom. The van der Waals surface area contributed by atoms with E-state index in [4.69, 9.17) is 9.15 Å². The predicted octanol–water partition coefficient (Wildman–Crippen LogP) is 2.06. The highest BCUT2D eigenvalue weighted by molar-refractivity contribution is 7.90. The summed E-state index contributed by atoms with van der Waals surface area (Å²) in [7, 11) is -1.73. The zero-order valence-corrected chi connectivity index (χ0v) is 11.9. The molecule has 0 bridgehead atoms. The second-order valence-electron chi connectivity index (χ2n) is 4.32. The van der Waals surface area contributed by atoms with Crippen LogP contribution >= 0.6 is 0 Å². The molecule has 0 aliphatic heterocycles. The van der Waals surface area contributed by atoms with Crippen LogP contribution in [0.3, 0.4) is 0 Å². The fraction of sp³-hybridized carbons (Fsp3) is 0.214. The molecule has 0 saturated carbocycles. The maximum absolute atomic E-state index is 12.1. The second-order valence-corrected chi connectivity index (χ2v) is 6.34. The number of hydrogen-bond donors (Lipinski definition) is 0. The Labute approximate surface area is 117 Å². The van der Waals surface area contributed by atoms with Gasteiger partial charge in [-0.2, -0.15) is 0 Å². The van der Waals surface area contributed by atoms with Gasteiger partial charge in [-0.05, 0) is 36.4 Å². The molecule has 0 aliphatic carbocycles. The Morgan fingerprint density at radius 1 is 1.15 bits per heavy atom. The Balaban J connectivity index is 2.24. The van der Waals surface area contributed by atoms with Crippen molar-refractivity contribution in [3.63, 3.8) is 0 Å². The molecular weight excluding hydrogens is 280 g/mol. The number of methoxy groups -OCH3 is 1. The molecular formula is C14H14O5S. The van der Waals surface area contributed by atoms with Crippen molar-refractivity contribution in [2.24, 2.45) is 0 Å². The van der Waals surface area contributed by atoms with Gasteiger partial charge in [0, 0.05) is 18.9 Å². The standard InChI is InChI=1S/C14H14O5S/c1-18-9-11-5-8-13(19-11)14(15)10-3-6-12(7-4-10)20(2,16)17/h3-8H,9H2,1-2H3. The van der Waals surface area contributed by atoms with Crippen LogP contribution in [0.25, 0.3) is 0 Å². The molecule has 0 spiro atoms. The molecule has 1 aromatic carbocycles. The Morgan fingerprint density at radius 2 is 1.80 bits per heavy atom. The summed E-state index contributed by atoms with van der Waals surface area (Å²) in [6.45, 7) is 0.292. The quantitative estimate of drug-likeness (QED) is 0.789. The number of hydrogen-bond acceptors (Lipinski definition) is 5. The largest absolute Gasteiger partial charge is 0.455 e. The number of benzene rings is 1. The Hall–Kier alpha value is -1.92. The van der Waals surface area contributed by atoms with Gasteiger partial charge in [0.2, 0.25) is 5.78 Å². The van der Waals surface area contributed by atoms with Crippen LogP contribution in [-0.4, -0.2) is 27.6 Å². The summed E-state index contributed by atoms with van der Waals surface area (Å²) in [4.78, 5) is 12.3. The summed E-state index contributed by atoms with van der Waals surface area (Å²) < 4.78 is 32.9. The van der Waals surface area contributed by atoms with Crippen molar-refractivity contribution in [1.82, 2.24) is 0 Å². The molecule has 5 nitrogen and oxygen atoms in total. The summed E-state index contributed by atoms with van der Waals surface area (Å²) in [5.41, 5.74) is 0.371. The number of carbonyl (C=O) groups is 1. The summed E-state index contributed by atoms with van der Waals surface area (Å²) in [6.07, 6.45) is 1.12. The lowest BCUT2D eigenvalue weighted by atomic mass is 10.1. The van der Waals surface area contributed by atoms with E-state index >= 15 is 0 Å². The highest BCUT2D eigenvalue weighted by Gasteiger charge is 2.15. The van der Waals surface area contributed by atoms with Gasteiger partial charge in [-0.25, -0.2) is 8.42 Å². The number of ether oxygens (including phenoxy) is 1. The van der Waals surface area contributed by atoms with Crippen LogP contribution in [-0.2, 0) is 21.2 Å². The SMILES string of the molecule is COCc1ccc(C(=O)c2ccc(S(C)(=O)=O)cc2)o1. The fourth-order valence-corrected chi connectivity index (χ4v) is 2.35. The van der Waals surface area contributed by atoms with Crippen LogP contribution in [0.5, 0.6) is 0 Å². The smallest absolute Gasteiger partial charge is 0.228 e. The van der Waals surface area contributed by atoms with E-state index in [9.17, 15) is 13.2 Å². The third kappa shape index (κ3) is 3.15. The lowest BCUT2D eigenvalue weighted by Gasteiger charge is -2.01. The Kier molecular flexibility index (Phi) is 4.06. The highest BCUT2D eigenvalue weighted by Crippen LogP contribution is 2.16. The summed E-state index contributed by atoms with van der Waals surface area (Å²) in [6, 6.07) is 8.99. The maximum atomic E-state index is 12.1. The van der Waals surface area contributed by atoms with Crippen LogP contribution < -0.4 is 0 Å². The van der Waals surface area contributed by atoms with Gasteiger partial charge in [0.1, 0.15) is 12.4 Å². The number of rotatable bonds is 5. The van der Waals surface area contributed by atoms with Gasteiger partial charge in [-0.15, -0.1) is 0 Å². The lowest BCUT2D eigenvalue weighted by molar-refractivity contribution is 0.1000. The number of carbonyl (C=O) groups excluding carboxylic acids is 1. The number of ketones is 1. The van der Waals surface area contributed by atoms with Crippen LogP contribution in [0.15, 0.2) is 45.7 Å². The van der Waals surface area contributed by atoms with Crippen LogP contribution in [0.2, 0.25) is 0 Å². The van der Waals surface area contributed by atoms with E-state index in [1.54, 1.807) is 12.1 Å². The van der Waals surface area contributed by atoms with Gasteiger partial charge < -0.3 is 9.15 Å². The van der Waals surface area contributed by atoms with Crippen molar-refractivity contribution in [3.05, 3.63) is 53.5 Å². The molecule has 0 radical (unpaired) electrons. The van der Waals surface area contributed by atoms with E-state index in [0.717, 1.165) is 6.26 Å². The average molecular weight is 294 g/mol. The van der Waals surface area contributed by atoms with Gasteiger partial charge in [0.15, 0.2) is 15.6 Å².